The molecule has 17 heteroatoms. The predicted molar refractivity (Wildman–Crippen MR) is 210 cm³/mol. The van der Waals surface area contributed by atoms with Gasteiger partial charge in [-0.25, -0.2) is 14.6 Å². The van der Waals surface area contributed by atoms with Crippen molar-refractivity contribution in [3.63, 3.8) is 0 Å². The number of fused-ring (bicyclic) bond motifs is 2. The summed E-state index contributed by atoms with van der Waals surface area (Å²) in [6, 6.07) is 3.08. The highest BCUT2D eigenvalue weighted by Crippen LogP contribution is 2.52. The van der Waals surface area contributed by atoms with Crippen molar-refractivity contribution in [2.45, 2.75) is 103 Å². The third-order valence-electron chi connectivity index (χ3n) is 11.1. The summed E-state index contributed by atoms with van der Waals surface area (Å²) in [6.45, 7) is 13.1. The van der Waals surface area contributed by atoms with Crippen LogP contribution in [-0.2, 0) is 19.1 Å². The van der Waals surface area contributed by atoms with Crippen molar-refractivity contribution < 1.29 is 38.5 Å². The van der Waals surface area contributed by atoms with Crippen LogP contribution in [0.5, 0.6) is 11.5 Å². The highest BCUT2D eigenvalue weighted by atomic mass is 35.5. The fraction of sp³-hybridized carbons (Fsp3) is 0.564. The topological polar surface area (TPSA) is 194 Å². The molecule has 4 fully saturated rings. The lowest BCUT2D eigenvalue weighted by molar-refractivity contribution is -0.146. The van der Waals surface area contributed by atoms with Crippen LogP contribution in [0.2, 0.25) is 5.02 Å². The van der Waals surface area contributed by atoms with Crippen molar-refractivity contribution >= 4 is 62.8 Å². The number of carbonyl (C=O) groups is 4. The maximum absolute atomic E-state index is 14.6. The van der Waals surface area contributed by atoms with Gasteiger partial charge in [0.15, 0.2) is 5.01 Å². The minimum Gasteiger partial charge on any atom is -0.495 e. The molecule has 3 aliphatic carbocycles. The maximum Gasteiger partial charge on any atom is 0.408 e. The van der Waals surface area contributed by atoms with E-state index in [1.165, 1.54) is 35.8 Å². The van der Waals surface area contributed by atoms with E-state index in [1.54, 1.807) is 18.2 Å². The number of ether oxygens (including phenoxy) is 3. The molecule has 0 radical (unpaired) electrons. The minimum atomic E-state index is -1.53. The number of rotatable bonds is 13. The van der Waals surface area contributed by atoms with Gasteiger partial charge in [-0.1, -0.05) is 49.8 Å². The van der Waals surface area contributed by atoms with Gasteiger partial charge in [-0.15, -0.1) is 16.8 Å². The molecule has 56 heavy (non-hydrogen) atoms. The fourth-order valence-corrected chi connectivity index (χ4v) is 9.09. The lowest BCUT2D eigenvalue weighted by Gasteiger charge is -2.35. The van der Waals surface area contributed by atoms with Gasteiger partial charge in [-0.05, 0) is 68.9 Å². The molecule has 3 amide bonds. The van der Waals surface area contributed by atoms with E-state index >= 15 is 0 Å². The zero-order chi connectivity index (χ0) is 40.3. The Labute approximate surface area is 333 Å². The number of aliphatic carboxylic acids is 1. The van der Waals surface area contributed by atoms with Gasteiger partial charge < -0.3 is 40.2 Å². The first-order valence-corrected chi connectivity index (χ1v) is 20.1. The summed E-state index contributed by atoms with van der Waals surface area (Å²) in [4.78, 5) is 60.6. The molecule has 4 aliphatic rings. The molecule has 8 atom stereocenters. The molecule has 4 N–H and O–H groups in total. The number of nitrogens with zero attached hydrogens (tertiary/aromatic N) is 4. The zero-order valence-corrected chi connectivity index (χ0v) is 33.8. The number of benzene rings is 1. The van der Waals surface area contributed by atoms with E-state index in [-0.39, 0.29) is 36.6 Å². The van der Waals surface area contributed by atoms with Crippen LogP contribution in [0.1, 0.15) is 66.7 Å². The summed E-state index contributed by atoms with van der Waals surface area (Å²) in [6.07, 6.45) is 2.84. The van der Waals surface area contributed by atoms with Crippen LogP contribution in [-0.4, -0.2) is 98.6 Å². The van der Waals surface area contributed by atoms with Crippen molar-refractivity contribution in [2.75, 3.05) is 19.0 Å². The summed E-state index contributed by atoms with van der Waals surface area (Å²) in [5, 5.41) is 29.4. The zero-order valence-electron chi connectivity index (χ0n) is 32.3. The van der Waals surface area contributed by atoms with E-state index < -0.39 is 58.9 Å². The summed E-state index contributed by atoms with van der Waals surface area (Å²) < 4.78 is 17.9. The number of likely N-dealkylation sites (tertiary alicyclic amines) is 1. The summed E-state index contributed by atoms with van der Waals surface area (Å²) >= 11 is 8.10. The Morgan fingerprint density at radius 2 is 1.82 bits per heavy atom. The number of hydrogen-bond acceptors (Lipinski definition) is 12. The van der Waals surface area contributed by atoms with Crippen molar-refractivity contribution in [2.24, 2.45) is 23.2 Å². The Morgan fingerprint density at radius 1 is 1.09 bits per heavy atom. The van der Waals surface area contributed by atoms with Crippen molar-refractivity contribution in [3.8, 4) is 22.2 Å². The van der Waals surface area contributed by atoms with E-state index in [1.807, 2.05) is 34.6 Å². The molecule has 3 saturated carbocycles. The Morgan fingerprint density at radius 3 is 2.45 bits per heavy atom. The number of anilines is 1. The summed E-state index contributed by atoms with van der Waals surface area (Å²) in [5.41, 5.74) is -1.51. The number of alkyl carbamates (subject to hydrolysis) is 1. The number of carboxylic acid groups (broad SMARTS) is 1. The molecule has 1 saturated heterocycles. The highest BCUT2D eigenvalue weighted by molar-refractivity contribution is 7.18. The van der Waals surface area contributed by atoms with Crippen LogP contribution in [0.4, 0.5) is 9.93 Å². The Hall–Kier alpha value is -4.70. The Kier molecular flexibility index (Phi) is 10.6. The number of methoxy groups -OCH3 is 1. The van der Waals surface area contributed by atoms with E-state index in [9.17, 15) is 24.3 Å². The van der Waals surface area contributed by atoms with E-state index in [4.69, 9.17) is 30.8 Å². The molecular formula is C39H48ClN7O8S. The smallest absolute Gasteiger partial charge is 0.408 e. The van der Waals surface area contributed by atoms with Crippen LogP contribution < -0.4 is 25.4 Å². The number of aromatic nitrogens is 3. The van der Waals surface area contributed by atoms with E-state index in [0.717, 1.165) is 12.8 Å². The number of halogens is 1. The monoisotopic (exact) mass is 809 g/mol. The fourth-order valence-electron chi connectivity index (χ4n) is 7.95. The van der Waals surface area contributed by atoms with Gasteiger partial charge in [0.05, 0.1) is 19.2 Å². The Balaban J connectivity index is 1.20. The average Bonchev–Trinajstić information content (AvgIpc) is 3.80. The maximum atomic E-state index is 14.6. The number of carbonyl (C=O) groups excluding carboxylic acids is 3. The van der Waals surface area contributed by atoms with Crippen LogP contribution in [0, 0.1) is 23.2 Å². The van der Waals surface area contributed by atoms with Gasteiger partial charge in [0, 0.05) is 29.8 Å². The first kappa shape index (κ1) is 39.5. The molecule has 1 aromatic carbocycles. The number of nitrogens with one attached hydrogen (secondary N) is 3. The first-order chi connectivity index (χ1) is 26.5. The van der Waals surface area contributed by atoms with E-state index in [2.05, 4.69) is 32.7 Å². The second kappa shape index (κ2) is 15.0. The predicted octanol–water partition coefficient (Wildman–Crippen LogP) is 5.67. The van der Waals surface area contributed by atoms with Crippen molar-refractivity contribution in [1.29, 1.82) is 0 Å². The molecule has 0 spiro atoms. The Bertz CT molecular complexity index is 2060. The summed E-state index contributed by atoms with van der Waals surface area (Å²) in [7, 11) is 1.50. The second-order valence-corrected chi connectivity index (χ2v) is 18.0. The number of amides is 3. The molecule has 2 aromatic heterocycles. The van der Waals surface area contributed by atoms with Crippen molar-refractivity contribution in [1.82, 2.24) is 30.7 Å². The van der Waals surface area contributed by atoms with Crippen LogP contribution in [0.15, 0.2) is 30.9 Å². The average molecular weight is 810 g/mol. The quantitative estimate of drug-likeness (QED) is 0.155. The molecule has 3 unspecified atom stereocenters. The number of carboxylic acids is 1. The third-order valence-corrected chi connectivity index (χ3v) is 12.4. The molecular weight excluding hydrogens is 762 g/mol. The van der Waals surface area contributed by atoms with Gasteiger partial charge in [0.25, 0.3) is 0 Å². The van der Waals surface area contributed by atoms with E-state index in [0.29, 0.717) is 50.1 Å². The lowest BCUT2D eigenvalue weighted by Crippen LogP contribution is -2.59. The molecule has 3 aromatic rings. The van der Waals surface area contributed by atoms with Crippen molar-refractivity contribution in [3.05, 3.63) is 35.9 Å². The SMILES string of the molecule is C=CC1C[C@]1(NC(=O)C1C[C@@H](Oc2cc(-c3nnc(NC(C)C)s3)nc3c(Cl)c(OC)ccc23)CN1C(=O)C(NC(=O)O[C@@H]1C[C@@H]2C[C@@H]2C1)C(C)(C)C)C(=O)O. The number of hydrogen-bond donors (Lipinski definition) is 4. The minimum absolute atomic E-state index is 0.0164. The van der Waals surface area contributed by atoms with Gasteiger partial charge in [-0.3, -0.25) is 9.59 Å². The largest absolute Gasteiger partial charge is 0.495 e. The number of pyridine rings is 1. The van der Waals surface area contributed by atoms with Gasteiger partial charge in [0.1, 0.15) is 52.0 Å². The third kappa shape index (κ3) is 7.82. The molecule has 0 bridgehead atoms. The van der Waals surface area contributed by atoms with Gasteiger partial charge >= 0.3 is 12.1 Å². The first-order valence-electron chi connectivity index (χ1n) is 18.9. The lowest BCUT2D eigenvalue weighted by atomic mass is 9.85. The summed E-state index contributed by atoms with van der Waals surface area (Å²) in [5.74, 6) is -0.877. The highest BCUT2D eigenvalue weighted by Gasteiger charge is 2.61. The second-order valence-electron chi connectivity index (χ2n) is 16.7. The normalized spacial score (nSPS) is 27.0. The molecule has 15 nitrogen and oxygen atoms in total. The molecule has 7 rings (SSSR count). The van der Waals surface area contributed by atoms with Crippen LogP contribution >= 0.6 is 22.9 Å². The van der Waals surface area contributed by atoms with Gasteiger partial charge in [0.2, 0.25) is 16.9 Å². The molecule has 3 heterocycles. The van der Waals surface area contributed by atoms with Gasteiger partial charge in [-0.2, -0.15) is 0 Å². The van der Waals surface area contributed by atoms with Crippen LogP contribution in [0.3, 0.4) is 0 Å². The standard InChI is InChI=1S/C39H48ClN7O8S/c1-8-21-16-39(21,35(50)51)44-32(48)26-14-23(17-47(26)34(49)31(38(4,5)6)43-37(52)55-22-12-19-11-20(19)13-22)54-28-15-25(33-45-46-36(56-33)41-18(2)3)42-30-24(28)9-10-27(53-7)29(30)40/h8-10,15,18-23,26,31H,1,11-14,16-17H2,2-7H3,(H,41,46)(H,43,52)(H,44,48)(H,50,51)/t19-,20+,21?,22+,23-,26?,31?,39-/m1/s1. The molecule has 300 valence electrons. The van der Waals surface area contributed by atoms with Crippen LogP contribution in [0.25, 0.3) is 21.6 Å². The molecule has 1 aliphatic heterocycles.